The van der Waals surface area contributed by atoms with Crippen molar-refractivity contribution >= 4 is 22.8 Å². The number of hydrogen-bond donors (Lipinski definition) is 2. The summed E-state index contributed by atoms with van der Waals surface area (Å²) in [5.41, 5.74) is 0.907. The first-order chi connectivity index (χ1) is 12.9. The number of aryl methyl sites for hydroxylation is 1. The minimum Gasteiger partial charge on any atom is -0.484 e. The fourth-order valence-electron chi connectivity index (χ4n) is 2.81. The van der Waals surface area contributed by atoms with Crippen molar-refractivity contribution in [2.75, 3.05) is 6.61 Å². The van der Waals surface area contributed by atoms with Crippen LogP contribution in [-0.2, 0) is 16.0 Å². The molecule has 27 heavy (non-hydrogen) atoms. The summed E-state index contributed by atoms with van der Waals surface area (Å²) in [7, 11) is 0. The second kappa shape index (κ2) is 9.75. The van der Waals surface area contributed by atoms with Crippen LogP contribution < -0.4 is 15.7 Å². The molecule has 1 aromatic heterocycles. The molecular formula is C20H25NO6. The maximum Gasteiger partial charge on any atom is 0.336 e. The van der Waals surface area contributed by atoms with Gasteiger partial charge in [-0.05, 0) is 37.0 Å². The third-order valence-corrected chi connectivity index (χ3v) is 4.18. The molecule has 0 aliphatic rings. The number of nitrogens with one attached hydrogen (secondary N) is 1. The second-order valence-corrected chi connectivity index (χ2v) is 6.39. The van der Waals surface area contributed by atoms with Gasteiger partial charge in [-0.25, -0.2) is 9.59 Å². The van der Waals surface area contributed by atoms with Gasteiger partial charge in [-0.1, -0.05) is 26.7 Å². The third-order valence-electron chi connectivity index (χ3n) is 4.18. The number of benzene rings is 1. The summed E-state index contributed by atoms with van der Waals surface area (Å²) < 4.78 is 10.7. The van der Waals surface area contributed by atoms with Gasteiger partial charge in [0.05, 0.1) is 0 Å². The summed E-state index contributed by atoms with van der Waals surface area (Å²) in [6.07, 6.45) is 3.77. The van der Waals surface area contributed by atoms with Gasteiger partial charge in [0.2, 0.25) is 0 Å². The quantitative estimate of drug-likeness (QED) is 0.619. The number of ether oxygens (including phenoxy) is 1. The first-order valence-electron chi connectivity index (χ1n) is 9.16. The number of carboxylic acid groups (broad SMARTS) is 1. The van der Waals surface area contributed by atoms with Crippen LogP contribution in [0.4, 0.5) is 0 Å². The lowest BCUT2D eigenvalue weighted by molar-refractivity contribution is -0.142. The molecule has 1 heterocycles. The van der Waals surface area contributed by atoms with Gasteiger partial charge in [-0.15, -0.1) is 0 Å². The Labute approximate surface area is 157 Å². The smallest absolute Gasteiger partial charge is 0.336 e. The summed E-state index contributed by atoms with van der Waals surface area (Å²) >= 11 is 0. The molecule has 1 atom stereocenters. The first kappa shape index (κ1) is 20.5. The van der Waals surface area contributed by atoms with E-state index in [2.05, 4.69) is 12.2 Å². The number of carboxylic acids is 1. The van der Waals surface area contributed by atoms with Crippen molar-refractivity contribution < 1.29 is 23.8 Å². The molecule has 7 heteroatoms. The largest absolute Gasteiger partial charge is 0.484 e. The molecule has 2 N–H and O–H groups in total. The molecule has 7 nitrogen and oxygen atoms in total. The zero-order valence-corrected chi connectivity index (χ0v) is 15.6. The number of fused-ring (bicyclic) bond motifs is 1. The third kappa shape index (κ3) is 5.84. The number of rotatable bonds is 10. The van der Waals surface area contributed by atoms with Crippen LogP contribution in [0.25, 0.3) is 11.0 Å². The van der Waals surface area contributed by atoms with E-state index in [1.165, 1.54) is 6.07 Å². The maximum absolute atomic E-state index is 11.9. The Morgan fingerprint density at radius 3 is 2.67 bits per heavy atom. The summed E-state index contributed by atoms with van der Waals surface area (Å²) in [6.45, 7) is 3.61. The van der Waals surface area contributed by atoms with Crippen LogP contribution in [0, 0.1) is 0 Å². The van der Waals surface area contributed by atoms with Crippen molar-refractivity contribution in [1.29, 1.82) is 0 Å². The van der Waals surface area contributed by atoms with Crippen LogP contribution in [0.15, 0.2) is 33.5 Å². The highest BCUT2D eigenvalue weighted by molar-refractivity contribution is 5.85. The zero-order valence-electron chi connectivity index (χ0n) is 15.6. The van der Waals surface area contributed by atoms with Gasteiger partial charge in [0.15, 0.2) is 6.61 Å². The number of unbranched alkanes of at least 4 members (excludes halogenated alkanes) is 1. The fraction of sp³-hybridized carbons (Fsp3) is 0.450. The molecule has 0 aliphatic carbocycles. The number of carbonyl (C=O) groups is 2. The highest BCUT2D eigenvalue weighted by atomic mass is 16.5. The van der Waals surface area contributed by atoms with E-state index < -0.39 is 23.5 Å². The predicted molar refractivity (Wildman–Crippen MR) is 101 cm³/mol. The van der Waals surface area contributed by atoms with Crippen LogP contribution in [0.2, 0.25) is 0 Å². The SMILES string of the molecule is CCCCc1cc(=O)oc2cc(OCC(=O)N[C@@H](CCC)C(=O)O)ccc12. The van der Waals surface area contributed by atoms with Gasteiger partial charge in [-0.2, -0.15) is 0 Å². The summed E-state index contributed by atoms with van der Waals surface area (Å²) in [5, 5.41) is 12.3. The molecule has 2 rings (SSSR count). The first-order valence-corrected chi connectivity index (χ1v) is 9.16. The Hall–Kier alpha value is -2.83. The molecule has 0 bridgehead atoms. The molecule has 146 valence electrons. The Balaban J connectivity index is 2.08. The van der Waals surface area contributed by atoms with E-state index in [4.69, 9.17) is 14.3 Å². The number of hydrogen-bond acceptors (Lipinski definition) is 5. The van der Waals surface area contributed by atoms with Gasteiger partial charge in [0.25, 0.3) is 5.91 Å². The molecule has 2 aromatic rings. The van der Waals surface area contributed by atoms with Gasteiger partial charge in [0, 0.05) is 17.5 Å². The van der Waals surface area contributed by atoms with Gasteiger partial charge in [0.1, 0.15) is 17.4 Å². The van der Waals surface area contributed by atoms with E-state index in [9.17, 15) is 14.4 Å². The van der Waals surface area contributed by atoms with E-state index in [-0.39, 0.29) is 6.61 Å². The highest BCUT2D eigenvalue weighted by Gasteiger charge is 2.19. The Kier molecular flexibility index (Phi) is 7.40. The summed E-state index contributed by atoms with van der Waals surface area (Å²) in [6, 6.07) is 5.65. The molecule has 0 radical (unpaired) electrons. The van der Waals surface area contributed by atoms with E-state index in [0.29, 0.717) is 24.2 Å². The minimum atomic E-state index is -1.07. The van der Waals surface area contributed by atoms with Crippen LogP contribution in [0.1, 0.15) is 45.1 Å². The van der Waals surface area contributed by atoms with Crippen molar-refractivity contribution in [3.63, 3.8) is 0 Å². The zero-order chi connectivity index (χ0) is 19.8. The molecule has 0 saturated heterocycles. The predicted octanol–water partition coefficient (Wildman–Crippen LogP) is 2.88. The average Bonchev–Trinajstić information content (AvgIpc) is 2.63. The summed E-state index contributed by atoms with van der Waals surface area (Å²) in [4.78, 5) is 34.8. The van der Waals surface area contributed by atoms with Gasteiger partial charge < -0.3 is 19.6 Å². The van der Waals surface area contributed by atoms with Crippen molar-refractivity contribution in [3.8, 4) is 5.75 Å². The molecule has 0 aliphatic heterocycles. The van der Waals surface area contributed by atoms with Crippen LogP contribution in [0.3, 0.4) is 0 Å². The van der Waals surface area contributed by atoms with E-state index in [0.717, 1.165) is 30.2 Å². The van der Waals surface area contributed by atoms with E-state index in [1.54, 1.807) is 18.2 Å². The fourth-order valence-corrected chi connectivity index (χ4v) is 2.81. The van der Waals surface area contributed by atoms with Crippen molar-refractivity contribution in [1.82, 2.24) is 5.32 Å². The molecule has 1 amide bonds. The van der Waals surface area contributed by atoms with Crippen molar-refractivity contribution in [2.45, 2.75) is 52.0 Å². The highest BCUT2D eigenvalue weighted by Crippen LogP contribution is 2.23. The lowest BCUT2D eigenvalue weighted by atomic mass is 10.0. The monoisotopic (exact) mass is 375 g/mol. The summed E-state index contributed by atoms with van der Waals surface area (Å²) in [5.74, 6) is -1.22. The van der Waals surface area contributed by atoms with Gasteiger partial charge >= 0.3 is 11.6 Å². The molecular weight excluding hydrogens is 350 g/mol. The second-order valence-electron chi connectivity index (χ2n) is 6.39. The minimum absolute atomic E-state index is 0.321. The molecule has 0 fully saturated rings. The lowest BCUT2D eigenvalue weighted by Crippen LogP contribution is -2.42. The van der Waals surface area contributed by atoms with Gasteiger partial charge in [-0.3, -0.25) is 4.79 Å². The van der Waals surface area contributed by atoms with Crippen molar-refractivity contribution in [2.24, 2.45) is 0 Å². The van der Waals surface area contributed by atoms with Crippen molar-refractivity contribution in [3.05, 3.63) is 40.2 Å². The Morgan fingerprint density at radius 1 is 1.22 bits per heavy atom. The Morgan fingerprint density at radius 2 is 2.00 bits per heavy atom. The number of aliphatic carboxylic acids is 1. The van der Waals surface area contributed by atoms with E-state index in [1.807, 2.05) is 6.92 Å². The molecule has 1 aromatic carbocycles. The molecule has 0 spiro atoms. The van der Waals surface area contributed by atoms with Crippen LogP contribution in [-0.4, -0.2) is 29.6 Å². The van der Waals surface area contributed by atoms with Crippen LogP contribution >= 0.6 is 0 Å². The topological polar surface area (TPSA) is 106 Å². The van der Waals surface area contributed by atoms with Crippen LogP contribution in [0.5, 0.6) is 5.75 Å². The Bertz CT molecular complexity index is 857. The normalized spacial score (nSPS) is 11.9. The number of carbonyl (C=O) groups excluding carboxylic acids is 1. The van der Waals surface area contributed by atoms with E-state index >= 15 is 0 Å². The lowest BCUT2D eigenvalue weighted by Gasteiger charge is -2.14. The molecule has 0 unspecified atom stereocenters. The standard InChI is InChI=1S/C20H25NO6/c1-3-5-7-13-10-19(23)27-17-11-14(8-9-15(13)17)26-12-18(22)21-16(6-4-2)20(24)25/h8-11,16H,3-7,12H2,1-2H3,(H,21,22)(H,24,25)/t16-/m0/s1. The molecule has 0 saturated carbocycles. The number of amides is 1. The average molecular weight is 375 g/mol. The maximum atomic E-state index is 11.9.